The molecule has 1 atom stereocenters. The van der Waals surface area contributed by atoms with E-state index in [1.54, 1.807) is 6.07 Å². The van der Waals surface area contributed by atoms with Crippen molar-refractivity contribution in [2.75, 3.05) is 16.8 Å². The standard InChI is InChI=1S/C14H19N5O/c1-3-9(2)20-11-6-4-5-10(7-11)17-13-8-12(15)18-14(16)19-13/h4-9H,3H2,1-2H3,(H5,15,16,17,18,19). The molecule has 20 heavy (non-hydrogen) atoms. The molecule has 6 nitrogen and oxygen atoms in total. The summed E-state index contributed by atoms with van der Waals surface area (Å²) >= 11 is 0. The van der Waals surface area contributed by atoms with Gasteiger partial charge in [0.1, 0.15) is 17.4 Å². The molecule has 0 amide bonds. The molecule has 1 aromatic heterocycles. The number of nitrogens with one attached hydrogen (secondary N) is 1. The van der Waals surface area contributed by atoms with E-state index in [0.717, 1.165) is 17.9 Å². The molecule has 106 valence electrons. The van der Waals surface area contributed by atoms with Gasteiger partial charge in [-0.2, -0.15) is 9.97 Å². The number of ether oxygens (including phenoxy) is 1. The number of nitrogens with zero attached hydrogens (tertiary/aromatic N) is 2. The Labute approximate surface area is 118 Å². The van der Waals surface area contributed by atoms with Crippen LogP contribution in [-0.4, -0.2) is 16.1 Å². The summed E-state index contributed by atoms with van der Waals surface area (Å²) in [6.07, 6.45) is 1.13. The van der Waals surface area contributed by atoms with Crippen molar-refractivity contribution < 1.29 is 4.74 Å². The molecule has 1 unspecified atom stereocenters. The molecule has 0 aliphatic heterocycles. The SMILES string of the molecule is CCC(C)Oc1cccc(Nc2cc(N)nc(N)n2)c1. The van der Waals surface area contributed by atoms with Crippen LogP contribution < -0.4 is 21.5 Å². The van der Waals surface area contributed by atoms with Gasteiger partial charge in [0.25, 0.3) is 0 Å². The maximum Gasteiger partial charge on any atom is 0.223 e. The van der Waals surface area contributed by atoms with E-state index in [0.29, 0.717) is 11.6 Å². The molecule has 1 aromatic carbocycles. The number of hydrogen-bond acceptors (Lipinski definition) is 6. The molecule has 2 rings (SSSR count). The number of benzene rings is 1. The molecule has 0 saturated heterocycles. The van der Waals surface area contributed by atoms with Gasteiger partial charge in [0.15, 0.2) is 0 Å². The average molecular weight is 273 g/mol. The summed E-state index contributed by atoms with van der Waals surface area (Å²) in [7, 11) is 0. The highest BCUT2D eigenvalue weighted by molar-refractivity contribution is 5.61. The molecule has 6 heteroatoms. The first kappa shape index (κ1) is 13.9. The molecule has 0 saturated carbocycles. The van der Waals surface area contributed by atoms with Crippen LogP contribution in [-0.2, 0) is 0 Å². The molecule has 0 spiro atoms. The Kier molecular flexibility index (Phi) is 4.24. The van der Waals surface area contributed by atoms with Crippen LogP contribution >= 0.6 is 0 Å². The Morgan fingerprint density at radius 2 is 2.05 bits per heavy atom. The Morgan fingerprint density at radius 3 is 2.75 bits per heavy atom. The number of rotatable bonds is 5. The second kappa shape index (κ2) is 6.10. The van der Waals surface area contributed by atoms with E-state index in [2.05, 4.69) is 22.2 Å². The van der Waals surface area contributed by atoms with E-state index >= 15 is 0 Å². The second-order valence-corrected chi connectivity index (χ2v) is 4.53. The van der Waals surface area contributed by atoms with Crippen LogP contribution in [0.15, 0.2) is 30.3 Å². The number of aromatic nitrogens is 2. The van der Waals surface area contributed by atoms with Crippen molar-refractivity contribution in [1.29, 1.82) is 0 Å². The number of anilines is 4. The Bertz CT molecular complexity index is 567. The van der Waals surface area contributed by atoms with Crippen LogP contribution in [0.3, 0.4) is 0 Å². The highest BCUT2D eigenvalue weighted by Crippen LogP contribution is 2.22. The lowest BCUT2D eigenvalue weighted by Gasteiger charge is -2.14. The molecule has 0 radical (unpaired) electrons. The van der Waals surface area contributed by atoms with E-state index in [1.807, 2.05) is 31.2 Å². The third-order valence-corrected chi connectivity index (χ3v) is 2.78. The van der Waals surface area contributed by atoms with Crippen LogP contribution in [0.5, 0.6) is 5.75 Å². The summed E-state index contributed by atoms with van der Waals surface area (Å²) in [5.74, 6) is 1.82. The van der Waals surface area contributed by atoms with E-state index in [4.69, 9.17) is 16.2 Å². The zero-order valence-electron chi connectivity index (χ0n) is 11.6. The average Bonchev–Trinajstić information content (AvgIpc) is 2.37. The van der Waals surface area contributed by atoms with Crippen LogP contribution in [0.25, 0.3) is 0 Å². The van der Waals surface area contributed by atoms with Crippen molar-refractivity contribution >= 4 is 23.3 Å². The fraction of sp³-hybridized carbons (Fsp3) is 0.286. The van der Waals surface area contributed by atoms with Crippen LogP contribution in [0, 0.1) is 0 Å². The summed E-state index contributed by atoms with van der Waals surface area (Å²) < 4.78 is 5.77. The van der Waals surface area contributed by atoms with Gasteiger partial charge in [0.05, 0.1) is 6.10 Å². The summed E-state index contributed by atoms with van der Waals surface area (Å²) in [6.45, 7) is 4.12. The number of hydrogen-bond donors (Lipinski definition) is 3. The first-order valence-electron chi connectivity index (χ1n) is 6.50. The summed E-state index contributed by atoms with van der Waals surface area (Å²) in [4.78, 5) is 7.89. The molecular formula is C14H19N5O. The summed E-state index contributed by atoms with van der Waals surface area (Å²) in [5.41, 5.74) is 12.0. The van der Waals surface area contributed by atoms with Gasteiger partial charge in [-0.25, -0.2) is 0 Å². The highest BCUT2D eigenvalue weighted by atomic mass is 16.5. The molecule has 0 fully saturated rings. The van der Waals surface area contributed by atoms with Crippen LogP contribution in [0.1, 0.15) is 20.3 Å². The highest BCUT2D eigenvalue weighted by Gasteiger charge is 2.04. The first-order chi connectivity index (χ1) is 9.56. The zero-order valence-corrected chi connectivity index (χ0v) is 11.6. The third-order valence-electron chi connectivity index (χ3n) is 2.78. The maximum atomic E-state index is 5.77. The zero-order chi connectivity index (χ0) is 14.5. The summed E-state index contributed by atoms with van der Waals surface area (Å²) in [5, 5.41) is 3.13. The van der Waals surface area contributed by atoms with Gasteiger partial charge in [0.2, 0.25) is 5.95 Å². The third kappa shape index (κ3) is 3.74. The van der Waals surface area contributed by atoms with Crippen molar-refractivity contribution in [1.82, 2.24) is 9.97 Å². The van der Waals surface area contributed by atoms with E-state index in [1.165, 1.54) is 0 Å². The number of nitrogen functional groups attached to an aromatic ring is 2. The largest absolute Gasteiger partial charge is 0.491 e. The van der Waals surface area contributed by atoms with Crippen molar-refractivity contribution in [3.63, 3.8) is 0 Å². The second-order valence-electron chi connectivity index (χ2n) is 4.53. The van der Waals surface area contributed by atoms with Gasteiger partial charge in [-0.05, 0) is 25.5 Å². The first-order valence-corrected chi connectivity index (χ1v) is 6.50. The Balaban J connectivity index is 2.15. The smallest absolute Gasteiger partial charge is 0.223 e. The quantitative estimate of drug-likeness (QED) is 0.774. The minimum Gasteiger partial charge on any atom is -0.491 e. The molecule has 0 aliphatic carbocycles. The minimum absolute atomic E-state index is 0.138. The normalized spacial score (nSPS) is 11.9. The van der Waals surface area contributed by atoms with E-state index in [-0.39, 0.29) is 12.1 Å². The van der Waals surface area contributed by atoms with Crippen molar-refractivity contribution in [3.05, 3.63) is 30.3 Å². The molecule has 1 heterocycles. The fourth-order valence-electron chi connectivity index (χ4n) is 1.66. The van der Waals surface area contributed by atoms with Gasteiger partial charge in [-0.1, -0.05) is 13.0 Å². The van der Waals surface area contributed by atoms with Crippen molar-refractivity contribution in [3.8, 4) is 5.75 Å². The molecule has 5 N–H and O–H groups in total. The van der Waals surface area contributed by atoms with Crippen molar-refractivity contribution in [2.45, 2.75) is 26.4 Å². The van der Waals surface area contributed by atoms with Gasteiger partial charge >= 0.3 is 0 Å². The van der Waals surface area contributed by atoms with Gasteiger partial charge in [-0.15, -0.1) is 0 Å². The van der Waals surface area contributed by atoms with Gasteiger partial charge < -0.3 is 21.5 Å². The van der Waals surface area contributed by atoms with E-state index < -0.39 is 0 Å². The minimum atomic E-state index is 0.138. The van der Waals surface area contributed by atoms with Gasteiger partial charge in [-0.3, -0.25) is 0 Å². The lowest BCUT2D eigenvalue weighted by atomic mass is 10.2. The molecule has 0 bridgehead atoms. The topological polar surface area (TPSA) is 99.1 Å². The molecule has 2 aromatic rings. The Morgan fingerprint density at radius 1 is 1.25 bits per heavy atom. The van der Waals surface area contributed by atoms with Crippen molar-refractivity contribution in [2.24, 2.45) is 0 Å². The van der Waals surface area contributed by atoms with Gasteiger partial charge in [0, 0.05) is 17.8 Å². The molecule has 0 aliphatic rings. The lowest BCUT2D eigenvalue weighted by molar-refractivity contribution is 0.217. The van der Waals surface area contributed by atoms with Crippen LogP contribution in [0.4, 0.5) is 23.3 Å². The lowest BCUT2D eigenvalue weighted by Crippen LogP contribution is -2.09. The molecular weight excluding hydrogens is 254 g/mol. The number of nitrogens with two attached hydrogens (primary N) is 2. The maximum absolute atomic E-state index is 5.77. The Hall–Kier alpha value is -2.50. The predicted octanol–water partition coefficient (Wildman–Crippen LogP) is 2.56. The van der Waals surface area contributed by atoms with Crippen LogP contribution in [0.2, 0.25) is 0 Å². The fourth-order valence-corrected chi connectivity index (χ4v) is 1.66. The van der Waals surface area contributed by atoms with E-state index in [9.17, 15) is 0 Å². The predicted molar refractivity (Wildman–Crippen MR) is 81.0 cm³/mol. The summed E-state index contributed by atoms with van der Waals surface area (Å²) in [6, 6.07) is 9.27. The monoisotopic (exact) mass is 273 g/mol.